The number of fused-ring (bicyclic) bond motifs is 1. The van der Waals surface area contributed by atoms with Gasteiger partial charge in [0.15, 0.2) is 0 Å². The summed E-state index contributed by atoms with van der Waals surface area (Å²) in [4.78, 5) is 4.87. The van der Waals surface area contributed by atoms with Crippen LogP contribution in [-0.4, -0.2) is 12.9 Å². The predicted molar refractivity (Wildman–Crippen MR) is 104 cm³/mol. The van der Waals surface area contributed by atoms with Crippen molar-refractivity contribution >= 4 is 21.8 Å². The van der Waals surface area contributed by atoms with Gasteiger partial charge in [0.2, 0.25) is 0 Å². The number of rotatable bonds is 3. The SMILES string of the molecule is COc1cccc(C2(c3ccc(F)c(Br)c3)N=C(N)c3ccccc32)c1. The third kappa shape index (κ3) is 2.42. The zero-order chi connectivity index (χ0) is 18.3. The average molecular weight is 411 g/mol. The molecule has 0 spiro atoms. The molecule has 4 rings (SSSR count). The minimum absolute atomic E-state index is 0.322. The molecule has 1 aliphatic heterocycles. The number of ether oxygens (including phenoxy) is 1. The number of nitrogens with zero attached hydrogens (tertiary/aromatic N) is 1. The highest BCUT2D eigenvalue weighted by molar-refractivity contribution is 9.10. The first-order valence-corrected chi connectivity index (χ1v) is 8.91. The molecule has 0 aliphatic carbocycles. The van der Waals surface area contributed by atoms with Crippen molar-refractivity contribution in [2.24, 2.45) is 10.7 Å². The van der Waals surface area contributed by atoms with E-state index in [-0.39, 0.29) is 5.82 Å². The van der Waals surface area contributed by atoms with E-state index in [4.69, 9.17) is 15.5 Å². The highest BCUT2D eigenvalue weighted by atomic mass is 79.9. The van der Waals surface area contributed by atoms with Gasteiger partial charge in [0, 0.05) is 5.56 Å². The molecular formula is C21H16BrFN2O. The fraction of sp³-hybridized carbons (Fsp3) is 0.0952. The molecule has 1 atom stereocenters. The number of aliphatic imine (C=N–C) groups is 1. The van der Waals surface area contributed by atoms with E-state index in [0.29, 0.717) is 10.3 Å². The Hall–Kier alpha value is -2.66. The fourth-order valence-electron chi connectivity index (χ4n) is 3.50. The molecular weight excluding hydrogens is 395 g/mol. The van der Waals surface area contributed by atoms with Crippen LogP contribution in [0.4, 0.5) is 4.39 Å². The zero-order valence-electron chi connectivity index (χ0n) is 14.0. The molecule has 0 bridgehead atoms. The molecule has 2 N–H and O–H groups in total. The molecule has 3 nitrogen and oxygen atoms in total. The second kappa shape index (κ2) is 6.25. The maximum absolute atomic E-state index is 13.9. The van der Waals surface area contributed by atoms with Crippen LogP contribution in [-0.2, 0) is 5.54 Å². The summed E-state index contributed by atoms with van der Waals surface area (Å²) in [6.45, 7) is 0. The standard InChI is InChI=1S/C21H16BrFN2O/c1-26-15-6-4-5-13(11-15)21(14-9-10-19(23)18(22)12-14)17-8-3-2-7-16(17)20(24)25-21/h2-12H,1H3,(H2,24,25). The molecule has 1 heterocycles. The lowest BCUT2D eigenvalue weighted by Gasteiger charge is -2.29. The van der Waals surface area contributed by atoms with Gasteiger partial charge in [-0.3, -0.25) is 0 Å². The van der Waals surface area contributed by atoms with E-state index in [1.807, 2.05) is 48.5 Å². The fourth-order valence-corrected chi connectivity index (χ4v) is 3.88. The molecule has 0 aromatic heterocycles. The van der Waals surface area contributed by atoms with Crippen molar-refractivity contribution in [1.82, 2.24) is 0 Å². The van der Waals surface area contributed by atoms with Crippen LogP contribution in [0.15, 0.2) is 76.2 Å². The van der Waals surface area contributed by atoms with E-state index >= 15 is 0 Å². The topological polar surface area (TPSA) is 47.6 Å². The summed E-state index contributed by atoms with van der Waals surface area (Å²) in [5.74, 6) is 0.864. The molecule has 3 aromatic rings. The Morgan fingerprint density at radius 3 is 2.54 bits per heavy atom. The quantitative estimate of drug-likeness (QED) is 0.685. The second-order valence-corrected chi connectivity index (χ2v) is 6.97. The molecule has 0 saturated carbocycles. The molecule has 0 amide bonds. The smallest absolute Gasteiger partial charge is 0.139 e. The second-order valence-electron chi connectivity index (χ2n) is 6.11. The zero-order valence-corrected chi connectivity index (χ0v) is 15.6. The lowest BCUT2D eigenvalue weighted by atomic mass is 9.77. The van der Waals surface area contributed by atoms with Crippen molar-refractivity contribution in [2.45, 2.75) is 5.54 Å². The summed E-state index contributed by atoms with van der Waals surface area (Å²) >= 11 is 3.29. The average Bonchev–Trinajstić information content (AvgIpc) is 2.98. The predicted octanol–water partition coefficient (Wildman–Crippen LogP) is 4.61. The van der Waals surface area contributed by atoms with Crippen molar-refractivity contribution < 1.29 is 9.13 Å². The first kappa shape index (κ1) is 16.8. The summed E-state index contributed by atoms with van der Waals surface area (Å²) in [7, 11) is 1.63. The van der Waals surface area contributed by atoms with Crippen LogP contribution in [0.5, 0.6) is 5.75 Å². The van der Waals surface area contributed by atoms with Crippen molar-refractivity contribution in [3.63, 3.8) is 0 Å². The van der Waals surface area contributed by atoms with E-state index in [1.165, 1.54) is 6.07 Å². The van der Waals surface area contributed by atoms with Gasteiger partial charge in [-0.15, -0.1) is 0 Å². The van der Waals surface area contributed by atoms with Gasteiger partial charge in [-0.1, -0.05) is 42.5 Å². The molecule has 3 aromatic carbocycles. The lowest BCUT2D eigenvalue weighted by molar-refractivity contribution is 0.413. The molecule has 1 aliphatic rings. The third-order valence-electron chi connectivity index (χ3n) is 4.71. The largest absolute Gasteiger partial charge is 0.497 e. The maximum Gasteiger partial charge on any atom is 0.139 e. The Morgan fingerprint density at radius 1 is 1.00 bits per heavy atom. The normalized spacial score (nSPS) is 18.3. The van der Waals surface area contributed by atoms with Crippen LogP contribution >= 0.6 is 15.9 Å². The Balaban J connectivity index is 2.07. The van der Waals surface area contributed by atoms with Crippen molar-refractivity contribution in [2.75, 3.05) is 7.11 Å². The molecule has 0 radical (unpaired) electrons. The van der Waals surface area contributed by atoms with Crippen LogP contribution in [0.1, 0.15) is 22.3 Å². The lowest BCUT2D eigenvalue weighted by Crippen LogP contribution is -2.25. The van der Waals surface area contributed by atoms with Gasteiger partial charge in [-0.05, 0) is 56.9 Å². The van der Waals surface area contributed by atoms with Crippen LogP contribution in [0, 0.1) is 5.82 Å². The van der Waals surface area contributed by atoms with E-state index in [0.717, 1.165) is 28.0 Å². The number of halogens is 2. The number of amidine groups is 1. The number of nitrogens with two attached hydrogens (primary N) is 1. The Labute approximate surface area is 159 Å². The van der Waals surface area contributed by atoms with Gasteiger partial charge in [0.25, 0.3) is 0 Å². The molecule has 26 heavy (non-hydrogen) atoms. The number of benzene rings is 3. The van der Waals surface area contributed by atoms with Crippen molar-refractivity contribution in [3.05, 3.63) is 99.3 Å². The van der Waals surface area contributed by atoms with E-state index in [1.54, 1.807) is 19.2 Å². The first-order valence-electron chi connectivity index (χ1n) is 8.11. The molecule has 0 saturated heterocycles. The summed E-state index contributed by atoms with van der Waals surface area (Å²) in [5, 5.41) is 0. The van der Waals surface area contributed by atoms with E-state index < -0.39 is 5.54 Å². The van der Waals surface area contributed by atoms with Crippen LogP contribution in [0.3, 0.4) is 0 Å². The minimum atomic E-state index is -0.856. The maximum atomic E-state index is 13.9. The summed E-state index contributed by atoms with van der Waals surface area (Å²) in [6.07, 6.45) is 0. The van der Waals surface area contributed by atoms with Gasteiger partial charge >= 0.3 is 0 Å². The summed E-state index contributed by atoms with van der Waals surface area (Å²) in [6, 6.07) is 20.5. The van der Waals surface area contributed by atoms with Gasteiger partial charge in [-0.2, -0.15) is 0 Å². The van der Waals surface area contributed by atoms with Crippen molar-refractivity contribution in [1.29, 1.82) is 0 Å². The van der Waals surface area contributed by atoms with E-state index in [9.17, 15) is 4.39 Å². The van der Waals surface area contributed by atoms with Gasteiger partial charge in [-0.25, -0.2) is 9.38 Å². The van der Waals surface area contributed by atoms with Gasteiger partial charge < -0.3 is 10.5 Å². The Bertz CT molecular complexity index is 1030. The van der Waals surface area contributed by atoms with Crippen LogP contribution < -0.4 is 10.5 Å². The Kier molecular flexibility index (Phi) is 4.04. The van der Waals surface area contributed by atoms with Gasteiger partial charge in [0.1, 0.15) is 22.9 Å². The van der Waals surface area contributed by atoms with Crippen LogP contribution in [0.2, 0.25) is 0 Å². The summed E-state index contributed by atoms with van der Waals surface area (Å²) < 4.78 is 19.7. The highest BCUT2D eigenvalue weighted by Crippen LogP contribution is 2.47. The highest BCUT2D eigenvalue weighted by Gasteiger charge is 2.43. The monoisotopic (exact) mass is 410 g/mol. The molecule has 130 valence electrons. The minimum Gasteiger partial charge on any atom is -0.497 e. The van der Waals surface area contributed by atoms with Crippen LogP contribution in [0.25, 0.3) is 0 Å². The Morgan fingerprint density at radius 2 is 1.77 bits per heavy atom. The third-order valence-corrected chi connectivity index (χ3v) is 5.31. The molecule has 0 fully saturated rings. The van der Waals surface area contributed by atoms with Gasteiger partial charge in [0.05, 0.1) is 11.6 Å². The summed E-state index contributed by atoms with van der Waals surface area (Å²) in [5.41, 5.74) is 8.99. The number of methoxy groups -OCH3 is 1. The molecule has 5 heteroatoms. The number of hydrogen-bond donors (Lipinski definition) is 1. The van der Waals surface area contributed by atoms with E-state index in [2.05, 4.69) is 15.9 Å². The molecule has 1 unspecified atom stereocenters. The van der Waals surface area contributed by atoms with Crippen molar-refractivity contribution in [3.8, 4) is 5.75 Å². The first-order chi connectivity index (χ1) is 12.6. The number of hydrogen-bond acceptors (Lipinski definition) is 3.